The third-order valence-corrected chi connectivity index (χ3v) is 3.09. The van der Waals surface area contributed by atoms with Crippen molar-refractivity contribution in [2.24, 2.45) is 0 Å². The molecule has 0 saturated heterocycles. The van der Waals surface area contributed by atoms with E-state index >= 15 is 0 Å². The Morgan fingerprint density at radius 2 is 1.60 bits per heavy atom. The maximum absolute atomic E-state index is 9.96. The Morgan fingerprint density at radius 1 is 1.05 bits per heavy atom. The number of hydrogen-bond acceptors (Lipinski definition) is 4. The second-order valence-electron chi connectivity index (χ2n) is 5.19. The summed E-state index contributed by atoms with van der Waals surface area (Å²) in [6.07, 6.45) is -0.621. The highest BCUT2D eigenvalue weighted by atomic mass is 16.5. The number of nitrogens with one attached hydrogen (secondary N) is 1. The Kier molecular flexibility index (Phi) is 7.54. The van der Waals surface area contributed by atoms with Crippen LogP contribution in [0.2, 0.25) is 0 Å². The maximum atomic E-state index is 9.96. The number of aliphatic hydroxyl groups excluding tert-OH is 3. The molecule has 0 unspecified atom stereocenters. The van der Waals surface area contributed by atoms with E-state index in [1.807, 2.05) is 26.0 Å². The van der Waals surface area contributed by atoms with Crippen LogP contribution in [0.1, 0.15) is 11.1 Å². The van der Waals surface area contributed by atoms with Crippen molar-refractivity contribution < 1.29 is 25.0 Å². The van der Waals surface area contributed by atoms with Gasteiger partial charge in [-0.25, -0.2) is 0 Å². The lowest BCUT2D eigenvalue weighted by Gasteiger charge is -2.21. The number of rotatable bonds is 9. The minimum absolute atomic E-state index is 0.0417. The first-order valence-electron chi connectivity index (χ1n) is 6.99. The molecular weight excluding hydrogens is 258 g/mol. The molecule has 1 aromatic carbocycles. The van der Waals surface area contributed by atoms with Crippen LogP contribution in [-0.2, 0) is 0 Å². The van der Waals surface area contributed by atoms with Crippen LogP contribution >= 0.6 is 0 Å². The topological polar surface area (TPSA) is 74.4 Å². The first-order valence-corrected chi connectivity index (χ1v) is 6.99. The summed E-state index contributed by atoms with van der Waals surface area (Å²) in [5, 5.41) is 27.8. The van der Waals surface area contributed by atoms with Crippen molar-refractivity contribution in [1.29, 1.82) is 0 Å². The van der Waals surface area contributed by atoms with Crippen molar-refractivity contribution in [3.63, 3.8) is 0 Å². The minimum Gasteiger partial charge on any atom is -0.491 e. The molecule has 1 aromatic rings. The maximum Gasteiger partial charge on any atom is 0.137 e. The molecule has 0 saturated carbocycles. The molecule has 5 nitrogen and oxygen atoms in total. The van der Waals surface area contributed by atoms with Gasteiger partial charge in [0.1, 0.15) is 38.1 Å². The molecule has 0 amide bonds. The molecule has 0 aromatic heterocycles. The zero-order chi connectivity index (χ0) is 15.0. The van der Waals surface area contributed by atoms with E-state index in [0.29, 0.717) is 19.6 Å². The lowest BCUT2D eigenvalue weighted by atomic mass is 10.1. The molecular formula is C15H26NO4+. The van der Waals surface area contributed by atoms with E-state index < -0.39 is 6.10 Å². The van der Waals surface area contributed by atoms with Gasteiger partial charge in [-0.05, 0) is 37.1 Å². The van der Waals surface area contributed by atoms with E-state index in [0.717, 1.165) is 21.8 Å². The monoisotopic (exact) mass is 284 g/mol. The number of benzene rings is 1. The Labute approximate surface area is 120 Å². The van der Waals surface area contributed by atoms with Gasteiger partial charge in [0.05, 0.1) is 13.2 Å². The zero-order valence-corrected chi connectivity index (χ0v) is 12.3. The van der Waals surface area contributed by atoms with Gasteiger partial charge < -0.3 is 25.0 Å². The van der Waals surface area contributed by atoms with E-state index in [2.05, 4.69) is 6.07 Å². The summed E-state index contributed by atoms with van der Waals surface area (Å²) >= 11 is 0. The number of quaternary nitrogens is 1. The quantitative estimate of drug-likeness (QED) is 0.465. The predicted octanol–water partition coefficient (Wildman–Crippen LogP) is -1.09. The average molecular weight is 284 g/mol. The highest BCUT2D eigenvalue weighted by Crippen LogP contribution is 2.16. The largest absolute Gasteiger partial charge is 0.491 e. The number of hydrogen-bond donors (Lipinski definition) is 4. The molecule has 0 aliphatic carbocycles. The summed E-state index contributed by atoms with van der Waals surface area (Å²) in [7, 11) is 0. The Morgan fingerprint density at radius 3 is 2.10 bits per heavy atom. The van der Waals surface area contributed by atoms with Crippen molar-refractivity contribution in [1.82, 2.24) is 0 Å². The van der Waals surface area contributed by atoms with Gasteiger partial charge in [-0.3, -0.25) is 0 Å². The molecule has 0 spiro atoms. The molecule has 0 heterocycles. The smallest absolute Gasteiger partial charge is 0.137 e. The van der Waals surface area contributed by atoms with Crippen LogP contribution in [0.25, 0.3) is 0 Å². The molecule has 0 radical (unpaired) electrons. The van der Waals surface area contributed by atoms with Crippen molar-refractivity contribution in [3.8, 4) is 5.75 Å². The van der Waals surface area contributed by atoms with Crippen LogP contribution in [0.5, 0.6) is 5.75 Å². The summed E-state index contributed by atoms with van der Waals surface area (Å²) in [4.78, 5) is 0.964. The summed E-state index contributed by atoms with van der Waals surface area (Å²) in [6.45, 7) is 5.78. The highest BCUT2D eigenvalue weighted by molar-refractivity contribution is 5.32. The van der Waals surface area contributed by atoms with Gasteiger partial charge in [0.25, 0.3) is 0 Å². The van der Waals surface area contributed by atoms with Gasteiger partial charge in [-0.1, -0.05) is 6.07 Å². The second-order valence-corrected chi connectivity index (χ2v) is 5.19. The SMILES string of the molecule is Cc1cc(C)cc(OC[C@@H](O)C[NH+](CCO)CCO)c1. The van der Waals surface area contributed by atoms with E-state index in [-0.39, 0.29) is 19.8 Å². The Bertz CT molecular complexity index is 371. The van der Waals surface area contributed by atoms with Crippen LogP contribution in [-0.4, -0.2) is 60.9 Å². The van der Waals surface area contributed by atoms with Crippen LogP contribution in [0, 0.1) is 13.8 Å². The van der Waals surface area contributed by atoms with Gasteiger partial charge >= 0.3 is 0 Å². The molecule has 5 heteroatoms. The first kappa shape index (κ1) is 16.9. The number of ether oxygens (including phenoxy) is 1. The third-order valence-electron chi connectivity index (χ3n) is 3.09. The molecule has 114 valence electrons. The number of aryl methyl sites for hydroxylation is 2. The van der Waals surface area contributed by atoms with Crippen molar-refractivity contribution in [3.05, 3.63) is 29.3 Å². The zero-order valence-electron chi connectivity index (χ0n) is 12.3. The van der Waals surface area contributed by atoms with E-state index in [1.165, 1.54) is 0 Å². The fourth-order valence-electron chi connectivity index (χ4n) is 2.25. The lowest BCUT2D eigenvalue weighted by Crippen LogP contribution is -3.14. The standard InChI is InChI=1S/C15H25NO4/c1-12-7-13(2)9-15(8-12)20-11-14(19)10-16(3-5-17)4-6-18/h7-9,14,17-19H,3-6,10-11H2,1-2H3/p+1/t14-/m0/s1. The van der Waals surface area contributed by atoms with E-state index in [9.17, 15) is 5.11 Å². The van der Waals surface area contributed by atoms with E-state index in [1.54, 1.807) is 0 Å². The molecule has 1 atom stereocenters. The van der Waals surface area contributed by atoms with Crippen LogP contribution < -0.4 is 9.64 Å². The second kappa shape index (κ2) is 8.92. The Balaban J connectivity index is 2.43. The van der Waals surface area contributed by atoms with Crippen LogP contribution in [0.4, 0.5) is 0 Å². The molecule has 20 heavy (non-hydrogen) atoms. The van der Waals surface area contributed by atoms with Crippen LogP contribution in [0.3, 0.4) is 0 Å². The summed E-state index contributed by atoms with van der Waals surface area (Å²) in [5.74, 6) is 0.757. The van der Waals surface area contributed by atoms with Gasteiger partial charge in [-0.2, -0.15) is 0 Å². The van der Waals surface area contributed by atoms with Gasteiger partial charge in [0.2, 0.25) is 0 Å². The fourth-order valence-corrected chi connectivity index (χ4v) is 2.25. The minimum atomic E-state index is -0.621. The lowest BCUT2D eigenvalue weighted by molar-refractivity contribution is -0.903. The number of aliphatic hydroxyl groups is 3. The van der Waals surface area contributed by atoms with E-state index in [4.69, 9.17) is 14.9 Å². The molecule has 1 rings (SSSR count). The molecule has 0 bridgehead atoms. The van der Waals surface area contributed by atoms with Gasteiger partial charge in [0, 0.05) is 0 Å². The fraction of sp³-hybridized carbons (Fsp3) is 0.600. The average Bonchev–Trinajstić information content (AvgIpc) is 2.36. The molecule has 0 aliphatic heterocycles. The van der Waals surface area contributed by atoms with Crippen LogP contribution in [0.15, 0.2) is 18.2 Å². The van der Waals surface area contributed by atoms with Crippen molar-refractivity contribution in [2.45, 2.75) is 20.0 Å². The van der Waals surface area contributed by atoms with Crippen molar-refractivity contribution in [2.75, 3.05) is 39.5 Å². The summed E-state index contributed by atoms with van der Waals surface area (Å²) in [5.41, 5.74) is 2.25. The third kappa shape index (κ3) is 6.34. The first-order chi connectivity index (χ1) is 9.55. The predicted molar refractivity (Wildman–Crippen MR) is 77.2 cm³/mol. The van der Waals surface area contributed by atoms with Gasteiger partial charge in [0.15, 0.2) is 0 Å². The molecule has 0 aliphatic rings. The summed E-state index contributed by atoms with van der Waals surface area (Å²) in [6, 6.07) is 5.94. The summed E-state index contributed by atoms with van der Waals surface area (Å²) < 4.78 is 5.60. The normalized spacial score (nSPS) is 12.7. The highest BCUT2D eigenvalue weighted by Gasteiger charge is 2.15. The molecule has 0 fully saturated rings. The van der Waals surface area contributed by atoms with Crippen molar-refractivity contribution >= 4 is 0 Å². The Hall–Kier alpha value is -1.14. The molecule has 4 N–H and O–H groups in total. The van der Waals surface area contributed by atoms with Gasteiger partial charge in [-0.15, -0.1) is 0 Å².